The van der Waals surface area contributed by atoms with Crippen LogP contribution in [0.25, 0.3) is 0 Å². The molecular formula is C19H24N4O3S2. The first kappa shape index (κ1) is 19.5. The van der Waals surface area contributed by atoms with Crippen LogP contribution < -0.4 is 5.32 Å². The Kier molecular flexibility index (Phi) is 5.77. The third-order valence-electron chi connectivity index (χ3n) is 4.91. The van der Waals surface area contributed by atoms with Gasteiger partial charge in [-0.05, 0) is 25.3 Å². The monoisotopic (exact) mass is 420 g/mol. The maximum absolute atomic E-state index is 12.7. The van der Waals surface area contributed by atoms with Gasteiger partial charge < -0.3 is 9.64 Å². The van der Waals surface area contributed by atoms with Gasteiger partial charge in [-0.1, -0.05) is 6.07 Å². The lowest BCUT2D eigenvalue weighted by Crippen LogP contribution is -2.51. The predicted molar refractivity (Wildman–Crippen MR) is 110 cm³/mol. The fourth-order valence-corrected chi connectivity index (χ4v) is 5.34. The van der Waals surface area contributed by atoms with Gasteiger partial charge in [-0.25, -0.2) is 4.98 Å². The molecule has 1 fully saturated rings. The van der Waals surface area contributed by atoms with Gasteiger partial charge in [0.2, 0.25) is 5.91 Å². The van der Waals surface area contributed by atoms with Crippen LogP contribution in [0.1, 0.15) is 34.1 Å². The first-order valence-electron chi connectivity index (χ1n) is 9.47. The average Bonchev–Trinajstić information content (AvgIpc) is 3.29. The van der Waals surface area contributed by atoms with Gasteiger partial charge in [-0.3, -0.25) is 19.8 Å². The topological polar surface area (TPSA) is 74.8 Å². The molecule has 2 atom stereocenters. The number of hydrogen-bond donors (Lipinski definition) is 1. The summed E-state index contributed by atoms with van der Waals surface area (Å²) in [5.74, 6) is 0.0323. The standard InChI is InChI=1S/C19H24N4O3S2/c1-12-8-23(9-13(2)26-12)17(24)11-22-6-5-14-16(10-22)28-19(20-14)21-18(25)15-4-3-7-27-15/h3-4,7,12-13H,5-6,8-11H2,1-2H3,(H,20,21,25). The Hall–Kier alpha value is -1.81. The zero-order valence-corrected chi connectivity index (χ0v) is 17.6. The van der Waals surface area contributed by atoms with Crippen molar-refractivity contribution in [2.75, 3.05) is 31.5 Å². The Morgan fingerprint density at radius 1 is 1.32 bits per heavy atom. The molecule has 2 aromatic heterocycles. The Labute approximate surface area is 172 Å². The molecule has 2 unspecified atom stereocenters. The van der Waals surface area contributed by atoms with Crippen LogP contribution in [0.4, 0.5) is 5.13 Å². The summed E-state index contributed by atoms with van der Waals surface area (Å²) < 4.78 is 5.72. The van der Waals surface area contributed by atoms with Crippen molar-refractivity contribution in [2.24, 2.45) is 0 Å². The molecule has 4 rings (SSSR count). The summed E-state index contributed by atoms with van der Waals surface area (Å²) in [6, 6.07) is 3.66. The van der Waals surface area contributed by atoms with Gasteiger partial charge in [0.25, 0.3) is 5.91 Å². The number of nitrogens with zero attached hydrogens (tertiary/aromatic N) is 3. The number of anilines is 1. The number of carbonyl (C=O) groups excluding carboxylic acids is 2. The van der Waals surface area contributed by atoms with Gasteiger partial charge in [-0.15, -0.1) is 22.7 Å². The summed E-state index contributed by atoms with van der Waals surface area (Å²) >= 11 is 2.91. The second-order valence-corrected chi connectivity index (χ2v) is 9.37. The Morgan fingerprint density at radius 3 is 2.82 bits per heavy atom. The molecule has 28 heavy (non-hydrogen) atoms. The molecule has 2 aliphatic rings. The number of rotatable bonds is 4. The van der Waals surface area contributed by atoms with Crippen LogP contribution in [0.2, 0.25) is 0 Å². The molecule has 2 aliphatic heterocycles. The first-order valence-corrected chi connectivity index (χ1v) is 11.2. The van der Waals surface area contributed by atoms with Crippen molar-refractivity contribution in [2.45, 2.75) is 39.0 Å². The number of amides is 2. The highest BCUT2D eigenvalue weighted by molar-refractivity contribution is 7.16. The Bertz CT molecular complexity index is 841. The van der Waals surface area contributed by atoms with Crippen LogP contribution >= 0.6 is 22.7 Å². The second kappa shape index (κ2) is 8.28. The average molecular weight is 421 g/mol. The molecule has 0 radical (unpaired) electrons. The minimum absolute atomic E-state index is 0.0802. The van der Waals surface area contributed by atoms with Gasteiger partial charge in [0.1, 0.15) is 0 Å². The van der Waals surface area contributed by atoms with E-state index in [4.69, 9.17) is 4.74 Å². The largest absolute Gasteiger partial charge is 0.372 e. The number of fused-ring (bicyclic) bond motifs is 1. The third kappa shape index (κ3) is 4.43. The van der Waals surface area contributed by atoms with E-state index in [2.05, 4.69) is 15.2 Å². The quantitative estimate of drug-likeness (QED) is 0.822. The van der Waals surface area contributed by atoms with E-state index in [1.807, 2.05) is 30.2 Å². The van der Waals surface area contributed by atoms with Crippen molar-refractivity contribution < 1.29 is 14.3 Å². The van der Waals surface area contributed by atoms with Crippen LogP contribution in [-0.4, -0.2) is 65.0 Å². The number of ether oxygens (including phenoxy) is 1. The van der Waals surface area contributed by atoms with Crippen molar-refractivity contribution >= 4 is 39.6 Å². The Balaban J connectivity index is 1.35. The van der Waals surface area contributed by atoms with E-state index in [0.29, 0.717) is 36.2 Å². The maximum Gasteiger partial charge on any atom is 0.267 e. The van der Waals surface area contributed by atoms with Crippen molar-refractivity contribution in [1.29, 1.82) is 0 Å². The highest BCUT2D eigenvalue weighted by atomic mass is 32.1. The third-order valence-corrected chi connectivity index (χ3v) is 6.77. The molecule has 2 aromatic rings. The predicted octanol–water partition coefficient (Wildman–Crippen LogP) is 2.45. The Morgan fingerprint density at radius 2 is 2.11 bits per heavy atom. The van der Waals surface area contributed by atoms with Crippen molar-refractivity contribution in [3.05, 3.63) is 33.0 Å². The molecule has 150 valence electrons. The second-order valence-electron chi connectivity index (χ2n) is 7.34. The minimum atomic E-state index is -0.122. The van der Waals surface area contributed by atoms with E-state index in [9.17, 15) is 9.59 Å². The molecule has 0 aromatic carbocycles. The fraction of sp³-hybridized carbons (Fsp3) is 0.526. The lowest BCUT2D eigenvalue weighted by molar-refractivity contribution is -0.144. The molecular weight excluding hydrogens is 396 g/mol. The zero-order chi connectivity index (χ0) is 19.7. The summed E-state index contributed by atoms with van der Waals surface area (Å²) in [7, 11) is 0. The minimum Gasteiger partial charge on any atom is -0.372 e. The normalized spacial score (nSPS) is 22.7. The highest BCUT2D eigenvalue weighted by Crippen LogP contribution is 2.29. The van der Waals surface area contributed by atoms with Crippen LogP contribution in [0.3, 0.4) is 0 Å². The van der Waals surface area contributed by atoms with Crippen LogP contribution in [-0.2, 0) is 22.5 Å². The summed E-state index contributed by atoms with van der Waals surface area (Å²) in [4.78, 5) is 35.4. The number of nitrogens with one attached hydrogen (secondary N) is 1. The highest BCUT2D eigenvalue weighted by Gasteiger charge is 2.29. The molecule has 0 bridgehead atoms. The molecule has 7 nitrogen and oxygen atoms in total. The lowest BCUT2D eigenvalue weighted by Gasteiger charge is -2.36. The molecule has 2 amide bonds. The SMILES string of the molecule is CC1CN(C(=O)CN2CCc3nc(NC(=O)c4cccs4)sc3C2)CC(C)O1. The van der Waals surface area contributed by atoms with Gasteiger partial charge in [0.05, 0.1) is 29.3 Å². The van der Waals surface area contributed by atoms with Crippen LogP contribution in [0, 0.1) is 0 Å². The molecule has 1 N–H and O–H groups in total. The molecule has 0 spiro atoms. The van der Waals surface area contributed by atoms with E-state index < -0.39 is 0 Å². The summed E-state index contributed by atoms with van der Waals surface area (Å²) in [6.45, 7) is 7.23. The van der Waals surface area contributed by atoms with Crippen LogP contribution in [0.15, 0.2) is 17.5 Å². The van der Waals surface area contributed by atoms with E-state index in [1.165, 1.54) is 22.7 Å². The van der Waals surface area contributed by atoms with Gasteiger partial charge in [-0.2, -0.15) is 0 Å². The molecule has 4 heterocycles. The van der Waals surface area contributed by atoms with Crippen molar-refractivity contribution in [1.82, 2.24) is 14.8 Å². The number of thiazole rings is 1. The molecule has 9 heteroatoms. The number of hydrogen-bond acceptors (Lipinski definition) is 7. The first-order chi connectivity index (χ1) is 13.5. The summed E-state index contributed by atoms with van der Waals surface area (Å²) in [5, 5.41) is 5.40. The van der Waals surface area contributed by atoms with E-state index in [-0.39, 0.29) is 24.0 Å². The number of carbonyl (C=O) groups is 2. The maximum atomic E-state index is 12.7. The fourth-order valence-electron chi connectivity index (χ4n) is 3.68. The molecule has 0 aliphatic carbocycles. The van der Waals surface area contributed by atoms with Gasteiger partial charge in [0, 0.05) is 37.5 Å². The van der Waals surface area contributed by atoms with E-state index in [1.54, 1.807) is 6.07 Å². The smallest absolute Gasteiger partial charge is 0.267 e. The number of thiophene rings is 1. The van der Waals surface area contributed by atoms with Crippen molar-refractivity contribution in [3.8, 4) is 0 Å². The van der Waals surface area contributed by atoms with Crippen LogP contribution in [0.5, 0.6) is 0 Å². The molecule has 0 saturated carbocycles. The number of morpholine rings is 1. The molecule has 1 saturated heterocycles. The van der Waals surface area contributed by atoms with Gasteiger partial charge >= 0.3 is 0 Å². The van der Waals surface area contributed by atoms with E-state index in [0.717, 1.165) is 23.5 Å². The van der Waals surface area contributed by atoms with E-state index >= 15 is 0 Å². The number of aromatic nitrogens is 1. The summed E-state index contributed by atoms with van der Waals surface area (Å²) in [5.41, 5.74) is 1.03. The zero-order valence-electron chi connectivity index (χ0n) is 16.0. The lowest BCUT2D eigenvalue weighted by atomic mass is 10.1. The van der Waals surface area contributed by atoms with Crippen molar-refractivity contribution in [3.63, 3.8) is 0 Å². The van der Waals surface area contributed by atoms with Gasteiger partial charge in [0.15, 0.2) is 5.13 Å². The summed E-state index contributed by atoms with van der Waals surface area (Å²) in [6.07, 6.45) is 0.956.